The summed E-state index contributed by atoms with van der Waals surface area (Å²) in [6.07, 6.45) is 1.19. The fourth-order valence-corrected chi connectivity index (χ4v) is 2.55. The third-order valence-corrected chi connectivity index (χ3v) is 4.46. The second kappa shape index (κ2) is 6.67. The molecule has 1 heterocycles. The van der Waals surface area contributed by atoms with Gasteiger partial charge in [-0.05, 0) is 6.42 Å². The molecule has 0 aromatic carbocycles. The van der Waals surface area contributed by atoms with Gasteiger partial charge in [0.1, 0.15) is 6.10 Å². The van der Waals surface area contributed by atoms with E-state index in [2.05, 4.69) is 0 Å². The number of rotatable bonds is 9. The zero-order chi connectivity index (χ0) is 11.1. The number of epoxide rings is 1. The van der Waals surface area contributed by atoms with Gasteiger partial charge in [0.25, 0.3) is 0 Å². The van der Waals surface area contributed by atoms with E-state index in [9.17, 15) is 0 Å². The first kappa shape index (κ1) is 13.2. The molecule has 0 saturated carbocycles. The van der Waals surface area contributed by atoms with Gasteiger partial charge in [0, 0.05) is 12.4 Å². The van der Waals surface area contributed by atoms with Crippen molar-refractivity contribution >= 4 is 10.9 Å². The zero-order valence-electron chi connectivity index (χ0n) is 9.56. The Kier molecular flexibility index (Phi) is 5.88. The largest absolute Gasteiger partial charge is 0.379 e. The first-order chi connectivity index (χ1) is 7.26. The third-order valence-electron chi connectivity index (χ3n) is 2.15. The molecule has 1 aliphatic heterocycles. The van der Waals surface area contributed by atoms with Gasteiger partial charge >= 0.3 is 0 Å². The molecule has 1 aliphatic rings. The minimum absolute atomic E-state index is 0.328. The van der Waals surface area contributed by atoms with Crippen molar-refractivity contribution in [1.29, 1.82) is 0 Å². The lowest BCUT2D eigenvalue weighted by Gasteiger charge is -2.33. The van der Waals surface area contributed by atoms with E-state index in [4.69, 9.17) is 22.0 Å². The van der Waals surface area contributed by atoms with Crippen LogP contribution in [0.4, 0.5) is 0 Å². The van der Waals surface area contributed by atoms with Crippen LogP contribution in [0.5, 0.6) is 0 Å². The molecule has 15 heavy (non-hydrogen) atoms. The average molecular weight is 240 g/mol. The monoisotopic (exact) mass is 240 g/mol. The van der Waals surface area contributed by atoms with E-state index in [1.807, 2.05) is 0 Å². The molecule has 1 rings (SSSR count). The molecular weight excluding hydrogens is 220 g/mol. The molecule has 0 aromatic rings. The molecule has 0 amide bonds. The molecule has 0 unspecified atom stereocenters. The highest BCUT2D eigenvalue weighted by molar-refractivity contribution is 8.21. The van der Waals surface area contributed by atoms with Crippen LogP contribution < -0.4 is 0 Å². The van der Waals surface area contributed by atoms with E-state index in [0.29, 0.717) is 19.3 Å². The second-order valence-electron chi connectivity index (χ2n) is 3.15. The molecule has 92 valence electrons. The maximum Gasteiger partial charge on any atom is 0.104 e. The Hall–Kier alpha value is 0.150. The lowest BCUT2D eigenvalue weighted by Crippen LogP contribution is -2.13. The van der Waals surface area contributed by atoms with Gasteiger partial charge in [-0.1, -0.05) is 0 Å². The van der Waals surface area contributed by atoms with Crippen LogP contribution in [0.3, 0.4) is 0 Å². The third kappa shape index (κ3) is 4.67. The Morgan fingerprint density at radius 1 is 1.20 bits per heavy atom. The minimum atomic E-state index is -1.81. The summed E-state index contributed by atoms with van der Waals surface area (Å²) in [5, 5.41) is 0. The van der Waals surface area contributed by atoms with Crippen molar-refractivity contribution in [3.8, 4) is 0 Å². The van der Waals surface area contributed by atoms with Gasteiger partial charge in [-0.15, -0.1) is 0 Å². The summed E-state index contributed by atoms with van der Waals surface area (Å²) in [7, 11) is 2.99. The molecular formula is C9H20O5S. The fourth-order valence-electron chi connectivity index (χ4n) is 1.17. The Balaban J connectivity index is 2.04. The molecule has 6 heteroatoms. The van der Waals surface area contributed by atoms with Gasteiger partial charge in [-0.3, -0.25) is 12.5 Å². The Morgan fingerprint density at radius 3 is 2.27 bits per heavy atom. The van der Waals surface area contributed by atoms with Crippen molar-refractivity contribution in [2.45, 2.75) is 12.5 Å². The van der Waals surface area contributed by atoms with Gasteiger partial charge in [-0.2, -0.15) is 0 Å². The maximum atomic E-state index is 5.41. The predicted octanol–water partition coefficient (Wildman–Crippen LogP) is 1.28. The molecule has 0 bridgehead atoms. The highest BCUT2D eigenvalue weighted by Crippen LogP contribution is 2.49. The highest BCUT2D eigenvalue weighted by Gasteiger charge is 2.24. The first-order valence-corrected chi connectivity index (χ1v) is 6.51. The van der Waals surface area contributed by atoms with Crippen LogP contribution in [0.1, 0.15) is 6.42 Å². The standard InChI is InChI=1S/C9H20O5S/c1-10-15(11-2,12-3)6-4-5-13-7-9-8-14-9/h9H,4-8H2,1-3H3/t9-/m0/s1. The van der Waals surface area contributed by atoms with Crippen molar-refractivity contribution < 1.29 is 22.0 Å². The van der Waals surface area contributed by atoms with Crippen molar-refractivity contribution in [3.63, 3.8) is 0 Å². The molecule has 1 saturated heterocycles. The minimum Gasteiger partial charge on any atom is -0.379 e. The second-order valence-corrected chi connectivity index (χ2v) is 5.67. The van der Waals surface area contributed by atoms with E-state index in [1.54, 1.807) is 21.3 Å². The average Bonchev–Trinajstić information content (AvgIpc) is 3.08. The quantitative estimate of drug-likeness (QED) is 0.449. The summed E-state index contributed by atoms with van der Waals surface area (Å²) in [4.78, 5) is 0. The van der Waals surface area contributed by atoms with Gasteiger partial charge < -0.3 is 9.47 Å². The van der Waals surface area contributed by atoms with Crippen molar-refractivity contribution in [2.75, 3.05) is 46.9 Å². The van der Waals surface area contributed by atoms with Crippen molar-refractivity contribution in [3.05, 3.63) is 0 Å². The number of ether oxygens (including phenoxy) is 2. The molecule has 1 atom stereocenters. The van der Waals surface area contributed by atoms with Crippen molar-refractivity contribution in [2.24, 2.45) is 0 Å². The van der Waals surface area contributed by atoms with E-state index < -0.39 is 10.9 Å². The van der Waals surface area contributed by atoms with E-state index >= 15 is 0 Å². The van der Waals surface area contributed by atoms with Crippen LogP contribution in [0.25, 0.3) is 0 Å². The topological polar surface area (TPSA) is 49.5 Å². The summed E-state index contributed by atoms with van der Waals surface area (Å²) in [6, 6.07) is 0. The van der Waals surface area contributed by atoms with Crippen LogP contribution in [0, 0.1) is 0 Å². The highest BCUT2D eigenvalue weighted by atomic mass is 32.3. The summed E-state index contributed by atoms with van der Waals surface area (Å²) >= 11 is 0. The van der Waals surface area contributed by atoms with E-state index in [1.165, 1.54) is 0 Å². The van der Waals surface area contributed by atoms with Gasteiger partial charge in [0.15, 0.2) is 0 Å². The van der Waals surface area contributed by atoms with Crippen LogP contribution in [0.2, 0.25) is 0 Å². The Morgan fingerprint density at radius 2 is 1.80 bits per heavy atom. The van der Waals surface area contributed by atoms with Gasteiger partial charge in [0.05, 0.1) is 45.4 Å². The SMILES string of the molecule is COS(CCCOC[C@H]1CO1)(OC)OC. The number of hydrogen-bond donors (Lipinski definition) is 0. The van der Waals surface area contributed by atoms with Crippen LogP contribution in [0.15, 0.2) is 0 Å². The Labute approximate surface area is 92.9 Å². The first-order valence-electron chi connectivity index (χ1n) is 4.93. The summed E-state index contributed by atoms with van der Waals surface area (Å²) < 4.78 is 26.1. The lowest BCUT2D eigenvalue weighted by molar-refractivity contribution is 0.116. The van der Waals surface area contributed by atoms with Crippen LogP contribution in [-0.4, -0.2) is 53.0 Å². The summed E-state index contributed by atoms with van der Waals surface area (Å²) in [5.41, 5.74) is 0. The zero-order valence-corrected chi connectivity index (χ0v) is 10.4. The molecule has 0 spiro atoms. The Bertz CT molecular complexity index is 162. The number of hydrogen-bond acceptors (Lipinski definition) is 5. The molecule has 1 fully saturated rings. The summed E-state index contributed by atoms with van der Waals surface area (Å²) in [5.74, 6) is 0.724. The van der Waals surface area contributed by atoms with E-state index in [-0.39, 0.29) is 0 Å². The predicted molar refractivity (Wildman–Crippen MR) is 58.7 cm³/mol. The van der Waals surface area contributed by atoms with Crippen LogP contribution in [-0.2, 0) is 22.0 Å². The smallest absolute Gasteiger partial charge is 0.104 e. The summed E-state index contributed by atoms with van der Waals surface area (Å²) in [6.45, 7) is 2.21. The molecule has 0 aromatic heterocycles. The van der Waals surface area contributed by atoms with E-state index in [0.717, 1.165) is 18.8 Å². The van der Waals surface area contributed by atoms with Gasteiger partial charge in [0.2, 0.25) is 0 Å². The van der Waals surface area contributed by atoms with Crippen LogP contribution >= 0.6 is 10.9 Å². The molecule has 5 nitrogen and oxygen atoms in total. The fraction of sp³-hybridized carbons (Fsp3) is 1.00. The van der Waals surface area contributed by atoms with Gasteiger partial charge in [-0.25, -0.2) is 0 Å². The molecule has 0 N–H and O–H groups in total. The normalized spacial score (nSPS) is 21.7. The van der Waals surface area contributed by atoms with Crippen molar-refractivity contribution in [1.82, 2.24) is 0 Å². The lowest BCUT2D eigenvalue weighted by atomic mass is 10.5. The molecule has 0 radical (unpaired) electrons. The molecule has 0 aliphatic carbocycles. The maximum absolute atomic E-state index is 5.41.